The minimum Gasteiger partial charge on any atom is -0.298 e. The van der Waals surface area contributed by atoms with Gasteiger partial charge in [-0.1, -0.05) is 54.6 Å². The molecule has 1 aliphatic heterocycles. The van der Waals surface area contributed by atoms with Crippen molar-refractivity contribution in [2.24, 2.45) is 0 Å². The van der Waals surface area contributed by atoms with Gasteiger partial charge in [-0.05, 0) is 24.1 Å². The number of rotatable bonds is 2. The molecule has 2 aromatic carbocycles. The van der Waals surface area contributed by atoms with Crippen molar-refractivity contribution in [2.75, 3.05) is 11.6 Å². The lowest BCUT2D eigenvalue weighted by Gasteiger charge is -2.31. The van der Waals surface area contributed by atoms with Crippen molar-refractivity contribution in [1.29, 1.82) is 0 Å². The fourth-order valence-corrected chi connectivity index (χ4v) is 2.19. The molecule has 0 amide bonds. The Morgan fingerprint density at radius 1 is 0.833 bits per heavy atom. The largest absolute Gasteiger partial charge is 0.298 e. The Labute approximate surface area is 108 Å². The third kappa shape index (κ3) is 2.23. The topological polar surface area (TPSA) is 15.3 Å². The normalized spacial score (nSPS) is 14.9. The molecule has 18 heavy (non-hydrogen) atoms. The molecule has 0 saturated carbocycles. The van der Waals surface area contributed by atoms with Crippen molar-refractivity contribution in [2.45, 2.75) is 6.42 Å². The Hall–Kier alpha value is -2.22. The van der Waals surface area contributed by atoms with Crippen LogP contribution < -0.4 is 10.4 Å². The van der Waals surface area contributed by atoms with Crippen LogP contribution in [-0.4, -0.2) is 6.54 Å². The molecule has 90 valence electrons. The van der Waals surface area contributed by atoms with Crippen molar-refractivity contribution in [1.82, 2.24) is 5.43 Å². The van der Waals surface area contributed by atoms with Crippen molar-refractivity contribution in [3.05, 3.63) is 72.3 Å². The zero-order valence-corrected chi connectivity index (χ0v) is 10.2. The molecule has 0 unspecified atom stereocenters. The van der Waals surface area contributed by atoms with Crippen LogP contribution in [0.1, 0.15) is 12.0 Å². The number of nitrogens with zero attached hydrogens (tertiary/aromatic N) is 1. The van der Waals surface area contributed by atoms with Gasteiger partial charge < -0.3 is 0 Å². The molecule has 0 saturated heterocycles. The van der Waals surface area contributed by atoms with Gasteiger partial charge in [0, 0.05) is 6.54 Å². The SMILES string of the molecule is C1=C(c2ccccc2)NN(c2ccccc2)CC1. The average Bonchev–Trinajstić information content (AvgIpc) is 2.49. The van der Waals surface area contributed by atoms with E-state index in [2.05, 4.69) is 65.0 Å². The van der Waals surface area contributed by atoms with Crippen LogP contribution in [0.2, 0.25) is 0 Å². The Balaban J connectivity index is 1.82. The van der Waals surface area contributed by atoms with Crippen molar-refractivity contribution < 1.29 is 0 Å². The highest BCUT2D eigenvalue weighted by Gasteiger charge is 2.12. The number of benzene rings is 2. The van der Waals surface area contributed by atoms with E-state index in [0.717, 1.165) is 13.0 Å². The van der Waals surface area contributed by atoms with E-state index in [-0.39, 0.29) is 0 Å². The Kier molecular flexibility index (Phi) is 3.01. The van der Waals surface area contributed by atoms with Crippen LogP contribution >= 0.6 is 0 Å². The Morgan fingerprint density at radius 3 is 2.22 bits per heavy atom. The van der Waals surface area contributed by atoms with Gasteiger partial charge in [0.1, 0.15) is 0 Å². The molecule has 0 aromatic heterocycles. The molecule has 2 aromatic rings. The lowest BCUT2D eigenvalue weighted by molar-refractivity contribution is 0.719. The van der Waals surface area contributed by atoms with E-state index in [9.17, 15) is 0 Å². The number of hydrogen-bond donors (Lipinski definition) is 1. The van der Waals surface area contributed by atoms with Gasteiger partial charge >= 0.3 is 0 Å². The van der Waals surface area contributed by atoms with Gasteiger partial charge in [-0.15, -0.1) is 0 Å². The number of hydrogen-bond acceptors (Lipinski definition) is 2. The summed E-state index contributed by atoms with van der Waals surface area (Å²) in [7, 11) is 0. The highest BCUT2D eigenvalue weighted by molar-refractivity contribution is 5.67. The molecule has 0 spiro atoms. The minimum absolute atomic E-state index is 1.00. The molecule has 0 bridgehead atoms. The number of para-hydroxylation sites is 1. The van der Waals surface area contributed by atoms with Crippen molar-refractivity contribution in [3.63, 3.8) is 0 Å². The van der Waals surface area contributed by atoms with Gasteiger partial charge in [-0.3, -0.25) is 10.4 Å². The van der Waals surface area contributed by atoms with E-state index in [0.29, 0.717) is 0 Å². The molecular weight excluding hydrogens is 220 g/mol. The van der Waals surface area contributed by atoms with Gasteiger partial charge in [-0.25, -0.2) is 0 Å². The summed E-state index contributed by atoms with van der Waals surface area (Å²) < 4.78 is 0. The van der Waals surface area contributed by atoms with Gasteiger partial charge in [-0.2, -0.15) is 0 Å². The van der Waals surface area contributed by atoms with E-state index in [1.807, 2.05) is 12.1 Å². The second-order valence-electron chi connectivity index (χ2n) is 4.37. The van der Waals surface area contributed by atoms with E-state index in [1.54, 1.807) is 0 Å². The molecule has 0 atom stereocenters. The summed E-state index contributed by atoms with van der Waals surface area (Å²) in [5, 5.41) is 2.20. The van der Waals surface area contributed by atoms with Crippen LogP contribution in [0, 0.1) is 0 Å². The van der Waals surface area contributed by atoms with Crippen molar-refractivity contribution >= 4 is 11.4 Å². The molecule has 0 radical (unpaired) electrons. The predicted octanol–water partition coefficient (Wildman–Crippen LogP) is 3.44. The maximum absolute atomic E-state index is 3.48. The molecule has 1 N–H and O–H groups in total. The zero-order valence-electron chi connectivity index (χ0n) is 10.2. The maximum atomic E-state index is 3.48. The van der Waals surface area contributed by atoms with Crippen LogP contribution in [0.25, 0.3) is 5.70 Å². The van der Waals surface area contributed by atoms with Crippen LogP contribution in [0.15, 0.2) is 66.7 Å². The van der Waals surface area contributed by atoms with Crippen LogP contribution in [0.4, 0.5) is 5.69 Å². The molecular formula is C16H16N2. The molecule has 1 heterocycles. The average molecular weight is 236 g/mol. The molecule has 0 aliphatic carbocycles. The summed E-state index contributed by atoms with van der Waals surface area (Å²) in [6.07, 6.45) is 3.32. The van der Waals surface area contributed by atoms with Gasteiger partial charge in [0.05, 0.1) is 11.4 Å². The summed E-state index contributed by atoms with van der Waals surface area (Å²) >= 11 is 0. The van der Waals surface area contributed by atoms with Crippen LogP contribution in [0.5, 0.6) is 0 Å². The van der Waals surface area contributed by atoms with Crippen LogP contribution in [-0.2, 0) is 0 Å². The predicted molar refractivity (Wildman–Crippen MR) is 76.0 cm³/mol. The molecule has 1 aliphatic rings. The monoisotopic (exact) mass is 236 g/mol. The summed E-state index contributed by atoms with van der Waals surface area (Å²) in [5.74, 6) is 0. The first-order valence-corrected chi connectivity index (χ1v) is 6.28. The summed E-state index contributed by atoms with van der Waals surface area (Å²) in [4.78, 5) is 0. The lowest BCUT2D eigenvalue weighted by atomic mass is 10.1. The first kappa shape index (κ1) is 10.9. The van der Waals surface area contributed by atoms with E-state index >= 15 is 0 Å². The minimum atomic E-state index is 1.00. The van der Waals surface area contributed by atoms with Crippen molar-refractivity contribution in [3.8, 4) is 0 Å². The fraction of sp³-hybridized carbons (Fsp3) is 0.125. The molecule has 3 rings (SSSR count). The summed E-state index contributed by atoms with van der Waals surface area (Å²) in [5.41, 5.74) is 7.11. The second kappa shape index (κ2) is 4.96. The Morgan fingerprint density at radius 2 is 1.50 bits per heavy atom. The van der Waals surface area contributed by atoms with Gasteiger partial charge in [0.15, 0.2) is 0 Å². The fourth-order valence-electron chi connectivity index (χ4n) is 2.19. The highest BCUT2D eigenvalue weighted by Crippen LogP contribution is 2.20. The highest BCUT2D eigenvalue weighted by atomic mass is 15.5. The zero-order chi connectivity index (χ0) is 12.2. The number of nitrogens with one attached hydrogen (secondary N) is 1. The third-order valence-corrected chi connectivity index (χ3v) is 3.11. The van der Waals surface area contributed by atoms with Crippen LogP contribution in [0.3, 0.4) is 0 Å². The third-order valence-electron chi connectivity index (χ3n) is 3.11. The second-order valence-corrected chi connectivity index (χ2v) is 4.37. The first-order valence-electron chi connectivity index (χ1n) is 6.28. The first-order chi connectivity index (χ1) is 8.93. The van der Waals surface area contributed by atoms with E-state index < -0.39 is 0 Å². The summed E-state index contributed by atoms with van der Waals surface area (Å²) in [6, 6.07) is 20.9. The molecule has 0 fully saturated rings. The lowest BCUT2D eigenvalue weighted by Crippen LogP contribution is -2.40. The van der Waals surface area contributed by atoms with E-state index in [1.165, 1.54) is 16.9 Å². The molecule has 2 heteroatoms. The quantitative estimate of drug-likeness (QED) is 0.859. The van der Waals surface area contributed by atoms with E-state index in [4.69, 9.17) is 0 Å². The number of anilines is 1. The molecule has 2 nitrogen and oxygen atoms in total. The maximum Gasteiger partial charge on any atom is 0.0575 e. The van der Waals surface area contributed by atoms with Gasteiger partial charge in [0.2, 0.25) is 0 Å². The standard InChI is InChI=1S/C16H16N2/c1-3-8-14(9-4-1)16-12-7-13-18(17-16)15-10-5-2-6-11-15/h1-6,8-12,17H,7,13H2. The Bertz CT molecular complexity index is 532. The van der Waals surface area contributed by atoms with Gasteiger partial charge in [0.25, 0.3) is 0 Å². The smallest absolute Gasteiger partial charge is 0.0575 e. The summed E-state index contributed by atoms with van der Waals surface area (Å²) in [6.45, 7) is 1.00. The number of hydrazine groups is 1.